The molecule has 3 unspecified atom stereocenters. The van der Waals surface area contributed by atoms with Crippen LogP contribution < -0.4 is 5.32 Å². The Kier molecular flexibility index (Phi) is 3.66. The number of aromatic nitrogens is 2. The molecule has 3 atom stereocenters. The van der Waals surface area contributed by atoms with E-state index in [0.717, 1.165) is 30.7 Å². The SMILES string of the molecule is CC(C)NCCc1nnc(C2CC3CCC2C3)s1. The lowest BCUT2D eigenvalue weighted by Gasteiger charge is -2.18. The lowest BCUT2D eigenvalue weighted by molar-refractivity contribution is 0.417. The minimum atomic E-state index is 0.558. The fourth-order valence-corrected chi connectivity index (χ4v) is 4.58. The van der Waals surface area contributed by atoms with E-state index in [1.807, 2.05) is 11.3 Å². The van der Waals surface area contributed by atoms with Crippen LogP contribution in [0.1, 0.15) is 55.5 Å². The third-order valence-electron chi connectivity index (χ3n) is 4.43. The van der Waals surface area contributed by atoms with Crippen LogP contribution in [0.3, 0.4) is 0 Å². The molecule has 2 fully saturated rings. The summed E-state index contributed by atoms with van der Waals surface area (Å²) in [6.45, 7) is 5.38. The van der Waals surface area contributed by atoms with E-state index >= 15 is 0 Å². The van der Waals surface area contributed by atoms with Crippen LogP contribution in [-0.4, -0.2) is 22.8 Å². The van der Waals surface area contributed by atoms with Crippen LogP contribution in [0.15, 0.2) is 0 Å². The topological polar surface area (TPSA) is 37.8 Å². The van der Waals surface area contributed by atoms with Crippen molar-refractivity contribution >= 4 is 11.3 Å². The molecule has 0 spiro atoms. The molecule has 18 heavy (non-hydrogen) atoms. The van der Waals surface area contributed by atoms with Crippen molar-refractivity contribution in [3.63, 3.8) is 0 Å². The van der Waals surface area contributed by atoms with Gasteiger partial charge in [-0.05, 0) is 31.1 Å². The van der Waals surface area contributed by atoms with Crippen molar-refractivity contribution in [2.45, 2.75) is 57.9 Å². The summed E-state index contributed by atoms with van der Waals surface area (Å²) in [5.74, 6) is 2.66. The molecule has 2 bridgehead atoms. The van der Waals surface area contributed by atoms with Gasteiger partial charge in [-0.3, -0.25) is 0 Å². The van der Waals surface area contributed by atoms with Gasteiger partial charge >= 0.3 is 0 Å². The van der Waals surface area contributed by atoms with Crippen LogP contribution in [0, 0.1) is 11.8 Å². The summed E-state index contributed by atoms with van der Waals surface area (Å²) in [5.41, 5.74) is 0. The average molecular weight is 265 g/mol. The van der Waals surface area contributed by atoms with Crippen molar-refractivity contribution in [2.75, 3.05) is 6.54 Å². The summed E-state index contributed by atoms with van der Waals surface area (Å²) in [6.07, 6.45) is 6.75. The molecule has 0 radical (unpaired) electrons. The molecular weight excluding hydrogens is 242 g/mol. The lowest BCUT2D eigenvalue weighted by atomic mass is 9.89. The molecule has 0 saturated heterocycles. The van der Waals surface area contributed by atoms with Gasteiger partial charge in [0.05, 0.1) is 0 Å². The number of nitrogens with one attached hydrogen (secondary N) is 1. The summed E-state index contributed by atoms with van der Waals surface area (Å²) in [6, 6.07) is 0.558. The molecule has 2 aliphatic carbocycles. The highest BCUT2D eigenvalue weighted by atomic mass is 32.1. The van der Waals surface area contributed by atoms with E-state index in [-0.39, 0.29) is 0 Å². The Bertz CT molecular complexity index is 401. The van der Waals surface area contributed by atoms with Gasteiger partial charge in [-0.2, -0.15) is 0 Å². The Hall–Kier alpha value is -0.480. The van der Waals surface area contributed by atoms with Gasteiger partial charge in [0.1, 0.15) is 10.0 Å². The van der Waals surface area contributed by atoms with Gasteiger partial charge in [-0.1, -0.05) is 20.3 Å². The maximum absolute atomic E-state index is 4.46. The van der Waals surface area contributed by atoms with Crippen molar-refractivity contribution in [2.24, 2.45) is 11.8 Å². The number of fused-ring (bicyclic) bond motifs is 2. The van der Waals surface area contributed by atoms with Crippen LogP contribution >= 0.6 is 11.3 Å². The van der Waals surface area contributed by atoms with Gasteiger partial charge in [0, 0.05) is 24.9 Å². The summed E-state index contributed by atoms with van der Waals surface area (Å²) < 4.78 is 0. The second-order valence-corrected chi connectivity index (χ2v) is 7.27. The highest BCUT2D eigenvalue weighted by Crippen LogP contribution is 2.53. The molecule has 4 heteroatoms. The Balaban J connectivity index is 1.56. The first-order chi connectivity index (χ1) is 8.72. The fourth-order valence-electron chi connectivity index (χ4n) is 3.53. The summed E-state index contributed by atoms with van der Waals surface area (Å²) in [7, 11) is 0. The highest BCUT2D eigenvalue weighted by molar-refractivity contribution is 7.11. The van der Waals surface area contributed by atoms with Gasteiger partial charge in [0.15, 0.2) is 0 Å². The molecule has 3 rings (SSSR count). The molecule has 0 amide bonds. The Labute approximate surface area is 113 Å². The molecule has 1 aromatic heterocycles. The van der Waals surface area contributed by atoms with Crippen molar-refractivity contribution < 1.29 is 0 Å². The van der Waals surface area contributed by atoms with Crippen molar-refractivity contribution in [3.05, 3.63) is 10.0 Å². The van der Waals surface area contributed by atoms with Crippen molar-refractivity contribution in [1.29, 1.82) is 0 Å². The molecule has 1 heterocycles. The van der Waals surface area contributed by atoms with E-state index in [0.29, 0.717) is 6.04 Å². The number of nitrogens with zero attached hydrogens (tertiary/aromatic N) is 2. The second-order valence-electron chi connectivity index (χ2n) is 6.17. The van der Waals surface area contributed by atoms with E-state index in [4.69, 9.17) is 0 Å². The van der Waals surface area contributed by atoms with Crippen LogP contribution in [0.25, 0.3) is 0 Å². The first-order valence-corrected chi connectivity index (χ1v) is 8.09. The van der Waals surface area contributed by atoms with Gasteiger partial charge in [0.25, 0.3) is 0 Å². The monoisotopic (exact) mass is 265 g/mol. The molecule has 1 aromatic rings. The minimum absolute atomic E-state index is 0.558. The zero-order valence-electron chi connectivity index (χ0n) is 11.4. The number of rotatable bonds is 5. The molecule has 2 aliphatic rings. The third-order valence-corrected chi connectivity index (χ3v) is 5.54. The van der Waals surface area contributed by atoms with Gasteiger partial charge < -0.3 is 5.32 Å². The third kappa shape index (κ3) is 2.59. The zero-order chi connectivity index (χ0) is 12.5. The maximum Gasteiger partial charge on any atom is 0.120 e. The van der Waals surface area contributed by atoms with Gasteiger partial charge in [-0.25, -0.2) is 0 Å². The van der Waals surface area contributed by atoms with Crippen LogP contribution in [0.5, 0.6) is 0 Å². The summed E-state index contributed by atoms with van der Waals surface area (Å²) >= 11 is 1.86. The van der Waals surface area contributed by atoms with E-state index in [2.05, 4.69) is 29.4 Å². The first kappa shape index (κ1) is 12.5. The van der Waals surface area contributed by atoms with Crippen molar-refractivity contribution in [1.82, 2.24) is 15.5 Å². The van der Waals surface area contributed by atoms with Crippen molar-refractivity contribution in [3.8, 4) is 0 Å². The quantitative estimate of drug-likeness (QED) is 0.889. The minimum Gasteiger partial charge on any atom is -0.314 e. The van der Waals surface area contributed by atoms with E-state index in [9.17, 15) is 0 Å². The van der Waals surface area contributed by atoms with E-state index in [1.54, 1.807) is 0 Å². The molecular formula is C14H23N3S. The smallest absolute Gasteiger partial charge is 0.120 e. The average Bonchev–Trinajstić information content (AvgIpc) is 3.03. The number of hydrogen-bond donors (Lipinski definition) is 1. The Morgan fingerprint density at radius 1 is 1.28 bits per heavy atom. The molecule has 100 valence electrons. The summed E-state index contributed by atoms with van der Waals surface area (Å²) in [4.78, 5) is 0. The van der Waals surface area contributed by atoms with Gasteiger partial charge in [0.2, 0.25) is 0 Å². The van der Waals surface area contributed by atoms with Crippen LogP contribution in [-0.2, 0) is 6.42 Å². The molecule has 3 nitrogen and oxygen atoms in total. The predicted molar refractivity (Wildman–Crippen MR) is 74.9 cm³/mol. The van der Waals surface area contributed by atoms with Crippen LogP contribution in [0.4, 0.5) is 0 Å². The maximum atomic E-state index is 4.46. The normalized spacial score (nSPS) is 30.5. The Morgan fingerprint density at radius 2 is 2.17 bits per heavy atom. The van der Waals surface area contributed by atoms with E-state index in [1.165, 1.54) is 35.7 Å². The Morgan fingerprint density at radius 3 is 2.83 bits per heavy atom. The molecule has 0 aliphatic heterocycles. The largest absolute Gasteiger partial charge is 0.314 e. The van der Waals surface area contributed by atoms with Gasteiger partial charge in [-0.15, -0.1) is 21.5 Å². The molecule has 0 aromatic carbocycles. The fraction of sp³-hybridized carbons (Fsp3) is 0.857. The number of hydrogen-bond acceptors (Lipinski definition) is 4. The van der Waals surface area contributed by atoms with Crippen LogP contribution in [0.2, 0.25) is 0 Å². The predicted octanol–water partition coefficient (Wildman–Crippen LogP) is 2.98. The first-order valence-electron chi connectivity index (χ1n) is 7.28. The summed E-state index contributed by atoms with van der Waals surface area (Å²) in [5, 5.41) is 14.8. The zero-order valence-corrected chi connectivity index (χ0v) is 12.2. The second kappa shape index (κ2) is 5.25. The standard InChI is InChI=1S/C14H23N3S/c1-9(2)15-6-5-13-16-17-14(18-13)12-8-10-3-4-11(12)7-10/h9-12,15H,3-8H2,1-2H3. The molecule has 1 N–H and O–H groups in total. The highest BCUT2D eigenvalue weighted by Gasteiger charge is 2.41. The lowest BCUT2D eigenvalue weighted by Crippen LogP contribution is -2.24. The van der Waals surface area contributed by atoms with E-state index < -0.39 is 0 Å². The molecule has 2 saturated carbocycles.